The molecule has 1 atom stereocenters. The molecule has 3 N–H and O–H groups in total. The number of aryl methyl sites for hydroxylation is 3. The lowest BCUT2D eigenvalue weighted by Gasteiger charge is -2.24. The number of anilines is 2. The Morgan fingerprint density at radius 2 is 1.72 bits per heavy atom. The molecule has 10 heteroatoms. The normalized spacial score (nSPS) is 15.6. The zero-order chi connectivity index (χ0) is 23.6. The summed E-state index contributed by atoms with van der Waals surface area (Å²) in [6.45, 7) is 5.44. The third-order valence-corrected chi connectivity index (χ3v) is 6.16. The molecule has 1 aliphatic heterocycles. The van der Waals surface area contributed by atoms with Crippen molar-refractivity contribution in [3.05, 3.63) is 52.6 Å². The SMILES string of the molecule is Cc1cc(C)c(NC(=O)CNC(=O)C[C@@H]2Sc3ccc(C(F)(F)F)cc3NC2=O)c(C)c1. The van der Waals surface area contributed by atoms with E-state index in [1.54, 1.807) is 0 Å². The summed E-state index contributed by atoms with van der Waals surface area (Å²) < 4.78 is 38.5. The highest BCUT2D eigenvalue weighted by Crippen LogP contribution is 2.40. The van der Waals surface area contributed by atoms with E-state index in [4.69, 9.17) is 0 Å². The molecule has 0 aliphatic carbocycles. The summed E-state index contributed by atoms with van der Waals surface area (Å²) in [5.41, 5.74) is 2.78. The van der Waals surface area contributed by atoms with Crippen molar-refractivity contribution >= 4 is 40.9 Å². The van der Waals surface area contributed by atoms with E-state index in [9.17, 15) is 27.6 Å². The molecule has 0 radical (unpaired) electrons. The minimum Gasteiger partial charge on any atom is -0.347 e. The number of nitrogens with one attached hydrogen (secondary N) is 3. The van der Waals surface area contributed by atoms with Gasteiger partial charge in [0.05, 0.1) is 23.0 Å². The van der Waals surface area contributed by atoms with Crippen LogP contribution in [0.5, 0.6) is 0 Å². The van der Waals surface area contributed by atoms with E-state index in [0.717, 1.165) is 40.6 Å². The molecule has 32 heavy (non-hydrogen) atoms. The van der Waals surface area contributed by atoms with E-state index in [1.807, 2.05) is 32.9 Å². The van der Waals surface area contributed by atoms with Gasteiger partial charge in [-0.15, -0.1) is 11.8 Å². The minimum absolute atomic E-state index is 0.0645. The second-order valence-corrected chi connectivity index (χ2v) is 8.85. The molecule has 3 rings (SSSR count). The molecule has 6 nitrogen and oxygen atoms in total. The minimum atomic E-state index is -4.52. The standard InChI is InChI=1S/C22H22F3N3O3S/c1-11-6-12(2)20(13(3)7-11)28-19(30)10-26-18(29)9-17-21(31)27-15-8-14(22(23,24)25)4-5-16(15)32-17/h4-8,17H,9-10H2,1-3H3,(H,26,29)(H,27,31)(H,28,30)/t17-/m0/s1. The van der Waals surface area contributed by atoms with Crippen molar-refractivity contribution in [2.75, 3.05) is 17.2 Å². The molecule has 0 unspecified atom stereocenters. The molecular weight excluding hydrogens is 443 g/mol. The first-order valence-electron chi connectivity index (χ1n) is 9.77. The van der Waals surface area contributed by atoms with E-state index in [2.05, 4.69) is 16.0 Å². The van der Waals surface area contributed by atoms with Crippen molar-refractivity contribution in [3.63, 3.8) is 0 Å². The van der Waals surface area contributed by atoms with Gasteiger partial charge in [0.25, 0.3) is 0 Å². The van der Waals surface area contributed by atoms with E-state index in [0.29, 0.717) is 10.6 Å². The number of carbonyl (C=O) groups excluding carboxylic acids is 3. The Morgan fingerprint density at radius 1 is 1.06 bits per heavy atom. The maximum Gasteiger partial charge on any atom is 0.416 e. The van der Waals surface area contributed by atoms with Gasteiger partial charge in [-0.1, -0.05) is 17.7 Å². The molecular formula is C22H22F3N3O3S. The second kappa shape index (κ2) is 9.23. The van der Waals surface area contributed by atoms with Crippen molar-refractivity contribution in [1.29, 1.82) is 0 Å². The van der Waals surface area contributed by atoms with Crippen LogP contribution >= 0.6 is 11.8 Å². The Balaban J connectivity index is 1.55. The maximum absolute atomic E-state index is 12.8. The number of halogens is 3. The number of hydrogen-bond acceptors (Lipinski definition) is 4. The summed E-state index contributed by atoms with van der Waals surface area (Å²) >= 11 is 1.01. The number of alkyl halides is 3. The highest BCUT2D eigenvalue weighted by molar-refractivity contribution is 8.01. The first-order chi connectivity index (χ1) is 14.9. The van der Waals surface area contributed by atoms with Gasteiger partial charge in [0, 0.05) is 17.0 Å². The molecule has 0 fully saturated rings. The van der Waals surface area contributed by atoms with Gasteiger partial charge in [0.15, 0.2) is 0 Å². The topological polar surface area (TPSA) is 87.3 Å². The molecule has 2 aromatic carbocycles. The van der Waals surface area contributed by atoms with E-state index in [-0.39, 0.29) is 18.7 Å². The van der Waals surface area contributed by atoms with Crippen LogP contribution < -0.4 is 16.0 Å². The molecule has 0 aromatic heterocycles. The van der Waals surface area contributed by atoms with Gasteiger partial charge in [0.2, 0.25) is 17.7 Å². The van der Waals surface area contributed by atoms with Crippen LogP contribution in [0.25, 0.3) is 0 Å². The average molecular weight is 465 g/mol. The van der Waals surface area contributed by atoms with Crippen molar-refractivity contribution in [2.24, 2.45) is 0 Å². The number of carbonyl (C=O) groups is 3. The summed E-state index contributed by atoms with van der Waals surface area (Å²) in [4.78, 5) is 37.2. The van der Waals surface area contributed by atoms with Gasteiger partial charge in [-0.3, -0.25) is 14.4 Å². The first-order valence-corrected chi connectivity index (χ1v) is 10.6. The number of benzene rings is 2. The molecule has 0 saturated carbocycles. The summed E-state index contributed by atoms with van der Waals surface area (Å²) in [5.74, 6) is -1.48. The predicted octanol–water partition coefficient (Wildman–Crippen LogP) is 4.19. The highest BCUT2D eigenvalue weighted by atomic mass is 32.2. The summed E-state index contributed by atoms with van der Waals surface area (Å²) in [6.07, 6.45) is -4.73. The van der Waals surface area contributed by atoms with Crippen molar-refractivity contribution in [3.8, 4) is 0 Å². The molecule has 3 amide bonds. The molecule has 1 heterocycles. The van der Waals surface area contributed by atoms with Crippen molar-refractivity contribution in [1.82, 2.24) is 5.32 Å². The van der Waals surface area contributed by atoms with Gasteiger partial charge in [0.1, 0.15) is 0 Å². The Morgan fingerprint density at radius 3 is 2.34 bits per heavy atom. The van der Waals surface area contributed by atoms with Gasteiger partial charge < -0.3 is 16.0 Å². The summed E-state index contributed by atoms with van der Waals surface area (Å²) in [5, 5.41) is 6.86. The Hall–Kier alpha value is -3.01. The van der Waals surface area contributed by atoms with Crippen molar-refractivity contribution < 1.29 is 27.6 Å². The van der Waals surface area contributed by atoms with Crippen LogP contribution in [0.2, 0.25) is 0 Å². The number of fused-ring (bicyclic) bond motifs is 1. The lowest BCUT2D eigenvalue weighted by atomic mass is 10.1. The van der Waals surface area contributed by atoms with E-state index >= 15 is 0 Å². The van der Waals surface area contributed by atoms with E-state index < -0.39 is 34.7 Å². The van der Waals surface area contributed by atoms with Crippen LogP contribution in [-0.4, -0.2) is 29.5 Å². The van der Waals surface area contributed by atoms with Crippen molar-refractivity contribution in [2.45, 2.75) is 43.5 Å². The third-order valence-electron chi connectivity index (χ3n) is 4.88. The number of thioether (sulfide) groups is 1. The zero-order valence-electron chi connectivity index (χ0n) is 17.6. The fraction of sp³-hybridized carbons (Fsp3) is 0.318. The largest absolute Gasteiger partial charge is 0.416 e. The monoisotopic (exact) mass is 465 g/mol. The van der Waals surface area contributed by atoms with Crippen LogP contribution in [0, 0.1) is 20.8 Å². The Labute approximate surface area is 187 Å². The molecule has 1 aliphatic rings. The van der Waals surface area contributed by atoms with Crippen LogP contribution in [0.15, 0.2) is 35.2 Å². The molecule has 2 aromatic rings. The Bertz CT molecular complexity index is 1060. The highest BCUT2D eigenvalue weighted by Gasteiger charge is 2.34. The lowest BCUT2D eigenvalue weighted by molar-refractivity contribution is -0.137. The molecule has 0 saturated heterocycles. The molecule has 170 valence electrons. The van der Waals surface area contributed by atoms with Gasteiger partial charge in [-0.05, 0) is 50.1 Å². The van der Waals surface area contributed by atoms with Gasteiger partial charge in [-0.2, -0.15) is 13.2 Å². The Kier molecular flexibility index (Phi) is 6.82. The summed E-state index contributed by atoms with van der Waals surface area (Å²) in [7, 11) is 0. The summed E-state index contributed by atoms with van der Waals surface area (Å²) in [6, 6.07) is 6.95. The van der Waals surface area contributed by atoms with Crippen LogP contribution in [-0.2, 0) is 20.6 Å². The van der Waals surface area contributed by atoms with Gasteiger partial charge >= 0.3 is 6.18 Å². The number of amides is 3. The van der Waals surface area contributed by atoms with Gasteiger partial charge in [-0.25, -0.2) is 0 Å². The molecule has 0 spiro atoms. The van der Waals surface area contributed by atoms with Crippen LogP contribution in [0.3, 0.4) is 0 Å². The van der Waals surface area contributed by atoms with E-state index in [1.165, 1.54) is 6.07 Å². The fourth-order valence-electron chi connectivity index (χ4n) is 3.44. The first kappa shape index (κ1) is 23.6. The third kappa shape index (κ3) is 5.61. The second-order valence-electron chi connectivity index (χ2n) is 7.61. The average Bonchev–Trinajstić information content (AvgIpc) is 2.68. The molecule has 0 bridgehead atoms. The maximum atomic E-state index is 12.8. The van der Waals surface area contributed by atoms with Crippen LogP contribution in [0.4, 0.5) is 24.5 Å². The lowest BCUT2D eigenvalue weighted by Crippen LogP contribution is -2.38. The zero-order valence-corrected chi connectivity index (χ0v) is 18.5. The fourth-order valence-corrected chi connectivity index (χ4v) is 4.53. The number of rotatable bonds is 5. The smallest absolute Gasteiger partial charge is 0.347 e. The number of hydrogen-bond donors (Lipinski definition) is 3. The predicted molar refractivity (Wildman–Crippen MR) is 117 cm³/mol. The van der Waals surface area contributed by atoms with Crippen LogP contribution in [0.1, 0.15) is 28.7 Å². The quantitative estimate of drug-likeness (QED) is 0.618.